The third-order valence-electron chi connectivity index (χ3n) is 2.89. The molecule has 0 unspecified atom stereocenters. The minimum atomic E-state index is 0.789. The fourth-order valence-corrected chi connectivity index (χ4v) is 1.82. The van der Waals surface area contributed by atoms with Gasteiger partial charge in [0, 0.05) is 39.9 Å². The van der Waals surface area contributed by atoms with Gasteiger partial charge >= 0.3 is 0 Å². The van der Waals surface area contributed by atoms with Gasteiger partial charge in [0.2, 0.25) is 0 Å². The van der Waals surface area contributed by atoms with E-state index in [1.165, 1.54) is 13.0 Å². The molecule has 0 aliphatic rings. The lowest BCUT2D eigenvalue weighted by molar-refractivity contribution is 0.145. The Balaban J connectivity index is 3.64. The maximum atomic E-state index is 5.30. The predicted molar refractivity (Wildman–Crippen MR) is 82.9 cm³/mol. The van der Waals surface area contributed by atoms with E-state index < -0.39 is 0 Å². The fourth-order valence-electron chi connectivity index (χ4n) is 1.82. The zero-order valence-electron chi connectivity index (χ0n) is 13.2. The molecular formula is C14H32N4O. The van der Waals surface area contributed by atoms with Crippen LogP contribution in [-0.2, 0) is 4.74 Å². The number of rotatable bonds is 11. The molecule has 0 atom stereocenters. The van der Waals surface area contributed by atoms with Crippen LogP contribution in [0.1, 0.15) is 33.6 Å². The fraction of sp³-hybridized carbons (Fsp3) is 0.929. The van der Waals surface area contributed by atoms with Gasteiger partial charge in [-0.25, -0.2) is 0 Å². The molecule has 0 aliphatic carbocycles. The van der Waals surface area contributed by atoms with E-state index >= 15 is 0 Å². The number of nitrogens with zero attached hydrogens (tertiary/aromatic N) is 2. The lowest BCUT2D eigenvalue weighted by atomic mass is 10.4. The van der Waals surface area contributed by atoms with Crippen molar-refractivity contribution in [3.63, 3.8) is 0 Å². The Morgan fingerprint density at radius 3 is 2.42 bits per heavy atom. The Kier molecular flexibility index (Phi) is 13.0. The van der Waals surface area contributed by atoms with Crippen molar-refractivity contribution in [2.45, 2.75) is 33.6 Å². The van der Waals surface area contributed by atoms with Gasteiger partial charge in [0.15, 0.2) is 5.96 Å². The van der Waals surface area contributed by atoms with E-state index in [0.717, 1.165) is 51.8 Å². The topological polar surface area (TPSA) is 48.9 Å². The first-order valence-corrected chi connectivity index (χ1v) is 7.53. The first kappa shape index (κ1) is 18.2. The lowest BCUT2D eigenvalue weighted by Gasteiger charge is -2.20. The van der Waals surface area contributed by atoms with E-state index in [1.807, 2.05) is 14.0 Å². The molecule has 0 spiro atoms. The Morgan fingerprint density at radius 1 is 1.11 bits per heavy atom. The van der Waals surface area contributed by atoms with Gasteiger partial charge in [-0.15, -0.1) is 0 Å². The molecule has 0 saturated heterocycles. The number of hydrogen-bond acceptors (Lipinski definition) is 3. The molecule has 5 heteroatoms. The maximum absolute atomic E-state index is 5.30. The molecule has 2 N–H and O–H groups in total. The Labute approximate surface area is 118 Å². The van der Waals surface area contributed by atoms with Crippen LogP contribution in [0.5, 0.6) is 0 Å². The summed E-state index contributed by atoms with van der Waals surface area (Å²) in [6.45, 7) is 13.2. The van der Waals surface area contributed by atoms with Crippen molar-refractivity contribution < 1.29 is 4.74 Å². The summed E-state index contributed by atoms with van der Waals surface area (Å²) in [4.78, 5) is 6.65. The second kappa shape index (κ2) is 13.6. The van der Waals surface area contributed by atoms with Gasteiger partial charge in [-0.3, -0.25) is 4.99 Å². The molecule has 114 valence electrons. The summed E-state index contributed by atoms with van der Waals surface area (Å²) in [5.41, 5.74) is 0. The molecule has 0 heterocycles. The molecule has 0 fully saturated rings. The standard InChI is InChI=1S/C14H32N4O/c1-5-11-18(6-2)12-10-17-14(15-4)16-9-8-13-19-7-3/h5-13H2,1-4H3,(H2,15,16,17). The summed E-state index contributed by atoms with van der Waals surface area (Å²) < 4.78 is 5.30. The normalized spacial score (nSPS) is 11.9. The molecule has 0 radical (unpaired) electrons. The summed E-state index contributed by atoms with van der Waals surface area (Å²) in [6.07, 6.45) is 2.21. The average Bonchev–Trinajstić information content (AvgIpc) is 2.44. The number of likely N-dealkylation sites (N-methyl/N-ethyl adjacent to an activating group) is 1. The smallest absolute Gasteiger partial charge is 0.191 e. The number of nitrogens with one attached hydrogen (secondary N) is 2. The largest absolute Gasteiger partial charge is 0.382 e. The van der Waals surface area contributed by atoms with Crippen molar-refractivity contribution in [2.75, 3.05) is 53.0 Å². The highest BCUT2D eigenvalue weighted by Crippen LogP contribution is 1.89. The minimum Gasteiger partial charge on any atom is -0.382 e. The van der Waals surface area contributed by atoms with Gasteiger partial charge in [-0.05, 0) is 32.9 Å². The number of aliphatic imine (C=N–C) groups is 1. The zero-order chi connectivity index (χ0) is 14.3. The third-order valence-corrected chi connectivity index (χ3v) is 2.89. The Bertz CT molecular complexity index is 221. The summed E-state index contributed by atoms with van der Waals surface area (Å²) in [5.74, 6) is 0.879. The van der Waals surface area contributed by atoms with E-state index in [4.69, 9.17) is 4.74 Å². The van der Waals surface area contributed by atoms with Crippen LogP contribution in [0.25, 0.3) is 0 Å². The van der Waals surface area contributed by atoms with Crippen molar-refractivity contribution in [1.82, 2.24) is 15.5 Å². The van der Waals surface area contributed by atoms with Gasteiger partial charge in [-0.2, -0.15) is 0 Å². The second-order valence-electron chi connectivity index (χ2n) is 4.41. The van der Waals surface area contributed by atoms with Gasteiger partial charge < -0.3 is 20.3 Å². The summed E-state index contributed by atoms with van der Waals surface area (Å²) in [7, 11) is 1.81. The van der Waals surface area contributed by atoms with Crippen molar-refractivity contribution in [2.24, 2.45) is 4.99 Å². The molecule has 0 aromatic carbocycles. The summed E-state index contributed by atoms with van der Waals surface area (Å²) >= 11 is 0. The van der Waals surface area contributed by atoms with E-state index in [2.05, 4.69) is 34.4 Å². The van der Waals surface area contributed by atoms with Crippen LogP contribution < -0.4 is 10.6 Å². The van der Waals surface area contributed by atoms with Crippen molar-refractivity contribution in [3.8, 4) is 0 Å². The van der Waals surface area contributed by atoms with Crippen molar-refractivity contribution in [1.29, 1.82) is 0 Å². The molecular weight excluding hydrogens is 240 g/mol. The monoisotopic (exact) mass is 272 g/mol. The maximum Gasteiger partial charge on any atom is 0.191 e. The van der Waals surface area contributed by atoms with E-state index in [9.17, 15) is 0 Å². The van der Waals surface area contributed by atoms with Crippen LogP contribution >= 0.6 is 0 Å². The highest BCUT2D eigenvalue weighted by Gasteiger charge is 2.01. The van der Waals surface area contributed by atoms with Gasteiger partial charge in [0.1, 0.15) is 0 Å². The first-order chi connectivity index (χ1) is 9.28. The van der Waals surface area contributed by atoms with Crippen LogP contribution in [0.2, 0.25) is 0 Å². The van der Waals surface area contributed by atoms with Crippen molar-refractivity contribution >= 4 is 5.96 Å². The number of ether oxygens (including phenoxy) is 1. The second-order valence-corrected chi connectivity index (χ2v) is 4.41. The third kappa shape index (κ3) is 10.8. The molecule has 19 heavy (non-hydrogen) atoms. The van der Waals surface area contributed by atoms with E-state index in [0.29, 0.717) is 0 Å². The average molecular weight is 272 g/mol. The van der Waals surface area contributed by atoms with E-state index in [-0.39, 0.29) is 0 Å². The molecule has 5 nitrogen and oxygen atoms in total. The van der Waals surface area contributed by atoms with Gasteiger partial charge in [-0.1, -0.05) is 13.8 Å². The predicted octanol–water partition coefficient (Wildman–Crippen LogP) is 1.31. The molecule has 0 amide bonds. The Morgan fingerprint density at radius 2 is 1.84 bits per heavy atom. The zero-order valence-corrected chi connectivity index (χ0v) is 13.2. The van der Waals surface area contributed by atoms with Crippen LogP contribution in [0.15, 0.2) is 4.99 Å². The van der Waals surface area contributed by atoms with Crippen LogP contribution in [0.3, 0.4) is 0 Å². The van der Waals surface area contributed by atoms with E-state index in [1.54, 1.807) is 0 Å². The first-order valence-electron chi connectivity index (χ1n) is 7.53. The van der Waals surface area contributed by atoms with Crippen LogP contribution in [-0.4, -0.2) is 63.8 Å². The van der Waals surface area contributed by atoms with Crippen LogP contribution in [0, 0.1) is 0 Å². The molecule has 0 saturated carbocycles. The summed E-state index contributed by atoms with van der Waals surface area (Å²) in [5, 5.41) is 6.63. The molecule has 0 aromatic heterocycles. The number of hydrogen-bond donors (Lipinski definition) is 2. The summed E-state index contributed by atoms with van der Waals surface area (Å²) in [6, 6.07) is 0. The highest BCUT2D eigenvalue weighted by molar-refractivity contribution is 5.79. The molecule has 0 aliphatic heterocycles. The molecule has 0 bridgehead atoms. The number of guanidine groups is 1. The SMILES string of the molecule is CCCN(CC)CCNC(=NC)NCCCOCC. The van der Waals surface area contributed by atoms with Crippen molar-refractivity contribution in [3.05, 3.63) is 0 Å². The van der Waals surface area contributed by atoms with Gasteiger partial charge in [0.05, 0.1) is 0 Å². The molecule has 0 aromatic rings. The van der Waals surface area contributed by atoms with Crippen LogP contribution in [0.4, 0.5) is 0 Å². The highest BCUT2D eigenvalue weighted by atomic mass is 16.5. The Hall–Kier alpha value is -0.810. The quantitative estimate of drug-likeness (QED) is 0.338. The van der Waals surface area contributed by atoms with Gasteiger partial charge in [0.25, 0.3) is 0 Å². The minimum absolute atomic E-state index is 0.789. The molecule has 0 rings (SSSR count). The lowest BCUT2D eigenvalue weighted by Crippen LogP contribution is -2.42.